The van der Waals surface area contributed by atoms with E-state index in [1.54, 1.807) is 18.5 Å². The van der Waals surface area contributed by atoms with Gasteiger partial charge in [-0.3, -0.25) is 9.59 Å². The number of H-pyrrole nitrogens is 1. The number of nitriles is 1. The first-order valence-electron chi connectivity index (χ1n) is 13.1. The highest BCUT2D eigenvalue weighted by molar-refractivity contribution is 5.79. The number of hydrogen-bond acceptors (Lipinski definition) is 9. The van der Waals surface area contributed by atoms with Crippen LogP contribution in [0.15, 0.2) is 29.3 Å². The lowest BCUT2D eigenvalue weighted by atomic mass is 9.95. The van der Waals surface area contributed by atoms with Crippen LogP contribution in [0.2, 0.25) is 0 Å². The topological polar surface area (TPSA) is 130 Å². The predicted molar refractivity (Wildman–Crippen MR) is 138 cm³/mol. The molecule has 196 valence electrons. The molecule has 11 heteroatoms. The van der Waals surface area contributed by atoms with Gasteiger partial charge in [-0.25, -0.2) is 10.1 Å². The Bertz CT molecular complexity index is 1190. The number of pyridine rings is 1. The number of aromatic amines is 1. The lowest BCUT2D eigenvalue weighted by Crippen LogP contribution is -2.54. The van der Waals surface area contributed by atoms with Crippen molar-refractivity contribution in [3.05, 3.63) is 46.0 Å². The van der Waals surface area contributed by atoms with E-state index in [9.17, 15) is 9.59 Å². The summed E-state index contributed by atoms with van der Waals surface area (Å²) in [5, 5.41) is 18.8. The molecule has 2 N–H and O–H groups in total. The average Bonchev–Trinajstić information content (AvgIpc) is 3.42. The lowest BCUT2D eigenvalue weighted by molar-refractivity contribution is -0.138. The number of amides is 1. The van der Waals surface area contributed by atoms with Crippen molar-refractivity contribution in [2.24, 2.45) is 5.92 Å². The van der Waals surface area contributed by atoms with Gasteiger partial charge in [-0.1, -0.05) is 0 Å². The number of ether oxygens (including phenoxy) is 1. The van der Waals surface area contributed by atoms with Crippen molar-refractivity contribution in [2.75, 3.05) is 62.2 Å². The molecular weight excluding hydrogens is 472 g/mol. The molecule has 0 spiro atoms. The number of aromatic nitrogens is 3. The molecular formula is C26H34N8O3. The lowest BCUT2D eigenvalue weighted by Gasteiger charge is -2.39. The van der Waals surface area contributed by atoms with E-state index in [1.165, 1.54) is 0 Å². The van der Waals surface area contributed by atoms with Crippen LogP contribution in [0.3, 0.4) is 0 Å². The fourth-order valence-electron chi connectivity index (χ4n) is 5.58. The molecule has 3 atom stereocenters. The number of piperidine rings is 1. The number of rotatable bonds is 6. The smallest absolute Gasteiger partial charge is 0.269 e. The SMILES string of the molecule is Cc1c(N2CCC[C@H]2CO[C@@H]2CNC[C@H](C(=O)N3CCN(c4ccc(C#N)cn4)CC3)C2)cn[nH]c1=O. The summed E-state index contributed by atoms with van der Waals surface area (Å²) in [4.78, 5) is 36.0. The van der Waals surface area contributed by atoms with Crippen molar-refractivity contribution < 1.29 is 9.53 Å². The van der Waals surface area contributed by atoms with Gasteiger partial charge in [0, 0.05) is 57.6 Å². The van der Waals surface area contributed by atoms with Crippen molar-refractivity contribution in [3.8, 4) is 6.07 Å². The van der Waals surface area contributed by atoms with Gasteiger partial charge in [0.05, 0.1) is 42.1 Å². The molecule has 0 radical (unpaired) electrons. The molecule has 0 unspecified atom stereocenters. The Hall–Kier alpha value is -3.49. The minimum Gasteiger partial charge on any atom is -0.375 e. The third-order valence-corrected chi connectivity index (χ3v) is 7.74. The number of anilines is 2. The molecule has 3 saturated heterocycles. The zero-order valence-electron chi connectivity index (χ0n) is 21.2. The monoisotopic (exact) mass is 506 g/mol. The minimum absolute atomic E-state index is 0.0207. The van der Waals surface area contributed by atoms with Gasteiger partial charge in [0.1, 0.15) is 11.9 Å². The molecule has 3 aliphatic heterocycles. The van der Waals surface area contributed by atoms with Crippen LogP contribution in [0.1, 0.15) is 30.4 Å². The van der Waals surface area contributed by atoms with Crippen molar-refractivity contribution in [1.29, 1.82) is 5.26 Å². The van der Waals surface area contributed by atoms with Crippen LogP contribution in [0.25, 0.3) is 0 Å². The Morgan fingerprint density at radius 3 is 2.78 bits per heavy atom. The molecule has 5 heterocycles. The van der Waals surface area contributed by atoms with Gasteiger partial charge >= 0.3 is 0 Å². The van der Waals surface area contributed by atoms with Gasteiger partial charge in [-0.15, -0.1) is 0 Å². The Balaban J connectivity index is 1.12. The van der Waals surface area contributed by atoms with E-state index in [1.807, 2.05) is 17.9 Å². The number of nitrogens with zero attached hydrogens (tertiary/aromatic N) is 6. The average molecular weight is 507 g/mol. The summed E-state index contributed by atoms with van der Waals surface area (Å²) in [7, 11) is 0. The first kappa shape index (κ1) is 25.2. The highest BCUT2D eigenvalue weighted by atomic mass is 16.5. The Morgan fingerprint density at radius 2 is 2.03 bits per heavy atom. The highest BCUT2D eigenvalue weighted by Crippen LogP contribution is 2.27. The second kappa shape index (κ2) is 11.3. The second-order valence-corrected chi connectivity index (χ2v) is 10.1. The maximum absolute atomic E-state index is 13.3. The molecule has 11 nitrogen and oxygen atoms in total. The summed E-state index contributed by atoms with van der Waals surface area (Å²) in [5.41, 5.74) is 1.94. The summed E-state index contributed by atoms with van der Waals surface area (Å²) in [6.07, 6.45) is 6.06. The van der Waals surface area contributed by atoms with E-state index < -0.39 is 0 Å². The van der Waals surface area contributed by atoms with E-state index in [4.69, 9.17) is 10.00 Å². The maximum atomic E-state index is 13.3. The number of piperazine rings is 1. The van der Waals surface area contributed by atoms with E-state index >= 15 is 0 Å². The van der Waals surface area contributed by atoms with Crippen LogP contribution >= 0.6 is 0 Å². The molecule has 1 amide bonds. The molecule has 2 aromatic heterocycles. The van der Waals surface area contributed by atoms with Crippen molar-refractivity contribution >= 4 is 17.4 Å². The fourth-order valence-corrected chi connectivity index (χ4v) is 5.58. The number of hydrogen-bond donors (Lipinski definition) is 2. The van der Waals surface area contributed by atoms with Crippen LogP contribution < -0.4 is 20.7 Å². The molecule has 5 rings (SSSR count). The first-order valence-corrected chi connectivity index (χ1v) is 13.1. The van der Waals surface area contributed by atoms with Gasteiger partial charge < -0.3 is 24.8 Å². The quantitative estimate of drug-likeness (QED) is 0.580. The van der Waals surface area contributed by atoms with Gasteiger partial charge in [0.2, 0.25) is 5.91 Å². The largest absolute Gasteiger partial charge is 0.375 e. The number of carbonyl (C=O) groups is 1. The molecule has 0 aliphatic carbocycles. The third kappa shape index (κ3) is 5.60. The van der Waals surface area contributed by atoms with E-state index in [0.29, 0.717) is 43.8 Å². The van der Waals surface area contributed by atoms with E-state index in [-0.39, 0.29) is 29.5 Å². The summed E-state index contributed by atoms with van der Waals surface area (Å²) < 4.78 is 6.33. The van der Waals surface area contributed by atoms with Crippen LogP contribution in [-0.2, 0) is 9.53 Å². The Labute approximate surface area is 216 Å². The van der Waals surface area contributed by atoms with Crippen LogP contribution in [0, 0.1) is 24.2 Å². The molecule has 0 bridgehead atoms. The normalized spacial score (nSPS) is 24.2. The summed E-state index contributed by atoms with van der Waals surface area (Å²) in [6.45, 7) is 7.44. The summed E-state index contributed by atoms with van der Waals surface area (Å²) >= 11 is 0. The first-order chi connectivity index (χ1) is 18.0. The predicted octanol–water partition coefficient (Wildman–Crippen LogP) is 0.657. The zero-order valence-corrected chi connectivity index (χ0v) is 21.2. The molecule has 3 aliphatic rings. The van der Waals surface area contributed by atoms with E-state index in [2.05, 4.69) is 36.4 Å². The fraction of sp³-hybridized carbons (Fsp3) is 0.577. The maximum Gasteiger partial charge on any atom is 0.269 e. The van der Waals surface area contributed by atoms with E-state index in [0.717, 1.165) is 50.5 Å². The number of carbonyl (C=O) groups excluding carboxylic acids is 1. The Morgan fingerprint density at radius 1 is 1.19 bits per heavy atom. The van der Waals surface area contributed by atoms with Crippen LogP contribution in [0.5, 0.6) is 0 Å². The van der Waals surface area contributed by atoms with Crippen LogP contribution in [-0.4, -0.2) is 90.6 Å². The summed E-state index contributed by atoms with van der Waals surface area (Å²) in [6, 6.07) is 5.92. The van der Waals surface area contributed by atoms with Crippen molar-refractivity contribution in [1.82, 2.24) is 25.4 Å². The zero-order chi connectivity index (χ0) is 25.8. The molecule has 0 aromatic carbocycles. The highest BCUT2D eigenvalue weighted by Gasteiger charge is 2.34. The molecule has 2 aromatic rings. The third-order valence-electron chi connectivity index (χ3n) is 7.74. The van der Waals surface area contributed by atoms with Gasteiger partial charge in [0.25, 0.3) is 5.56 Å². The summed E-state index contributed by atoms with van der Waals surface area (Å²) in [5.74, 6) is 0.920. The number of nitrogens with one attached hydrogen (secondary N) is 2. The van der Waals surface area contributed by atoms with Gasteiger partial charge in [0.15, 0.2) is 0 Å². The second-order valence-electron chi connectivity index (χ2n) is 10.1. The standard InChI is InChI=1S/C26H34N8O3/c1-18-23(16-30-31-25(18)35)34-6-2-3-21(34)17-37-22-11-20(14-28-15-22)26(36)33-9-7-32(8-10-33)24-5-4-19(12-27)13-29-24/h4-5,13,16,20-22,28H,2-3,6-11,14-15,17H2,1H3,(H,31,35)/t20-,21+,22+/m1/s1. The Kier molecular flexibility index (Phi) is 7.67. The molecule has 3 fully saturated rings. The minimum atomic E-state index is -0.157. The van der Waals surface area contributed by atoms with Crippen LogP contribution in [0.4, 0.5) is 11.5 Å². The van der Waals surface area contributed by atoms with Crippen molar-refractivity contribution in [3.63, 3.8) is 0 Å². The van der Waals surface area contributed by atoms with Gasteiger partial charge in [-0.05, 0) is 38.3 Å². The molecule has 37 heavy (non-hydrogen) atoms. The van der Waals surface area contributed by atoms with Crippen molar-refractivity contribution in [2.45, 2.75) is 38.3 Å². The van der Waals surface area contributed by atoms with Gasteiger partial charge in [-0.2, -0.15) is 10.4 Å². The molecule has 0 saturated carbocycles.